The Morgan fingerprint density at radius 2 is 2.00 bits per heavy atom. The lowest BCUT2D eigenvalue weighted by Crippen LogP contribution is -2.41. The van der Waals surface area contributed by atoms with Crippen LogP contribution in [0, 0.1) is 5.92 Å². The molecule has 0 aliphatic rings. The first-order valence-electron chi connectivity index (χ1n) is 4.52. The zero-order valence-corrected chi connectivity index (χ0v) is 8.30. The SMILES string of the molecule is CC(C)CCNCC(C)(O)CO. The van der Waals surface area contributed by atoms with Crippen molar-refractivity contribution >= 4 is 0 Å². The van der Waals surface area contributed by atoms with Crippen molar-refractivity contribution < 1.29 is 10.2 Å². The Balaban J connectivity index is 3.31. The predicted octanol–water partition coefficient (Wildman–Crippen LogP) is 0.365. The zero-order valence-electron chi connectivity index (χ0n) is 8.30. The van der Waals surface area contributed by atoms with E-state index in [1.165, 1.54) is 0 Å². The van der Waals surface area contributed by atoms with Gasteiger partial charge < -0.3 is 15.5 Å². The van der Waals surface area contributed by atoms with Gasteiger partial charge in [-0.3, -0.25) is 0 Å². The molecule has 1 unspecified atom stereocenters. The van der Waals surface area contributed by atoms with Crippen LogP contribution in [0.4, 0.5) is 0 Å². The lowest BCUT2D eigenvalue weighted by atomic mass is 10.1. The first-order valence-corrected chi connectivity index (χ1v) is 4.52. The Hall–Kier alpha value is -0.120. The molecule has 0 amide bonds. The van der Waals surface area contributed by atoms with Crippen LogP contribution in [0.5, 0.6) is 0 Å². The van der Waals surface area contributed by atoms with Crippen molar-refractivity contribution in [3.8, 4) is 0 Å². The van der Waals surface area contributed by atoms with E-state index in [0.29, 0.717) is 12.5 Å². The smallest absolute Gasteiger partial charge is 0.0972 e. The van der Waals surface area contributed by atoms with E-state index in [4.69, 9.17) is 5.11 Å². The minimum absolute atomic E-state index is 0.193. The van der Waals surface area contributed by atoms with Crippen molar-refractivity contribution in [3.05, 3.63) is 0 Å². The van der Waals surface area contributed by atoms with Gasteiger partial charge in [0.1, 0.15) is 0 Å². The van der Waals surface area contributed by atoms with Crippen molar-refractivity contribution in [2.24, 2.45) is 5.92 Å². The number of nitrogens with one attached hydrogen (secondary N) is 1. The lowest BCUT2D eigenvalue weighted by molar-refractivity contribution is 0.00275. The van der Waals surface area contributed by atoms with Gasteiger partial charge >= 0.3 is 0 Å². The van der Waals surface area contributed by atoms with Crippen molar-refractivity contribution in [2.75, 3.05) is 19.7 Å². The summed E-state index contributed by atoms with van der Waals surface area (Å²) in [5.74, 6) is 0.677. The molecule has 0 saturated carbocycles. The van der Waals surface area contributed by atoms with Crippen molar-refractivity contribution in [2.45, 2.75) is 32.8 Å². The predicted molar refractivity (Wildman–Crippen MR) is 50.0 cm³/mol. The molecule has 0 aliphatic heterocycles. The highest BCUT2D eigenvalue weighted by Gasteiger charge is 2.17. The lowest BCUT2D eigenvalue weighted by Gasteiger charge is -2.20. The molecule has 0 aromatic rings. The topological polar surface area (TPSA) is 52.5 Å². The first-order chi connectivity index (χ1) is 5.48. The molecule has 0 saturated heterocycles. The van der Waals surface area contributed by atoms with E-state index in [1.54, 1.807) is 6.92 Å². The Morgan fingerprint density at radius 1 is 1.42 bits per heavy atom. The highest BCUT2D eigenvalue weighted by atomic mass is 16.3. The molecular formula is C9H21NO2. The van der Waals surface area contributed by atoms with E-state index >= 15 is 0 Å². The summed E-state index contributed by atoms with van der Waals surface area (Å²) in [4.78, 5) is 0. The van der Waals surface area contributed by atoms with Gasteiger partial charge in [0.2, 0.25) is 0 Å². The summed E-state index contributed by atoms with van der Waals surface area (Å²) in [7, 11) is 0. The van der Waals surface area contributed by atoms with Gasteiger partial charge in [-0.2, -0.15) is 0 Å². The van der Waals surface area contributed by atoms with E-state index in [9.17, 15) is 5.11 Å². The maximum atomic E-state index is 9.38. The molecule has 0 radical (unpaired) electrons. The standard InChI is InChI=1S/C9H21NO2/c1-8(2)4-5-10-6-9(3,12)7-11/h8,10-12H,4-7H2,1-3H3. The fourth-order valence-corrected chi connectivity index (χ4v) is 0.804. The summed E-state index contributed by atoms with van der Waals surface area (Å²) < 4.78 is 0. The fraction of sp³-hybridized carbons (Fsp3) is 1.00. The Labute approximate surface area is 74.8 Å². The fourth-order valence-electron chi connectivity index (χ4n) is 0.804. The van der Waals surface area contributed by atoms with Crippen LogP contribution in [0.25, 0.3) is 0 Å². The number of aliphatic hydroxyl groups excluding tert-OH is 1. The second-order valence-corrected chi connectivity index (χ2v) is 4.01. The van der Waals surface area contributed by atoms with Gasteiger partial charge in [-0.1, -0.05) is 13.8 Å². The number of aliphatic hydroxyl groups is 2. The summed E-state index contributed by atoms with van der Waals surface area (Å²) >= 11 is 0. The van der Waals surface area contributed by atoms with Gasteiger partial charge in [0.25, 0.3) is 0 Å². The molecule has 1 atom stereocenters. The molecule has 0 bridgehead atoms. The molecule has 74 valence electrons. The summed E-state index contributed by atoms with van der Waals surface area (Å²) in [5, 5.41) is 21.2. The average Bonchev–Trinajstić information content (AvgIpc) is 1.98. The second-order valence-electron chi connectivity index (χ2n) is 4.01. The van der Waals surface area contributed by atoms with Crippen LogP contribution >= 0.6 is 0 Å². The van der Waals surface area contributed by atoms with E-state index in [1.807, 2.05) is 0 Å². The number of rotatable bonds is 6. The number of hydrogen-bond donors (Lipinski definition) is 3. The largest absolute Gasteiger partial charge is 0.393 e. The normalized spacial score (nSPS) is 16.5. The van der Waals surface area contributed by atoms with Crippen LogP contribution < -0.4 is 5.32 Å². The summed E-state index contributed by atoms with van der Waals surface area (Å²) in [6.07, 6.45) is 1.10. The van der Waals surface area contributed by atoms with Crippen LogP contribution in [0.1, 0.15) is 27.2 Å². The molecule has 3 nitrogen and oxygen atoms in total. The molecule has 0 rings (SSSR count). The Bertz CT molecular complexity index is 113. The van der Waals surface area contributed by atoms with Gasteiger partial charge in [-0.05, 0) is 25.8 Å². The molecule has 3 heteroatoms. The monoisotopic (exact) mass is 175 g/mol. The van der Waals surface area contributed by atoms with Gasteiger partial charge in [-0.25, -0.2) is 0 Å². The van der Waals surface area contributed by atoms with Crippen LogP contribution in [0.3, 0.4) is 0 Å². The van der Waals surface area contributed by atoms with Crippen molar-refractivity contribution in [3.63, 3.8) is 0 Å². The zero-order chi connectivity index (χ0) is 9.61. The summed E-state index contributed by atoms with van der Waals surface area (Å²) in [6, 6.07) is 0. The molecule has 12 heavy (non-hydrogen) atoms. The molecule has 0 aromatic heterocycles. The second kappa shape index (κ2) is 5.51. The minimum Gasteiger partial charge on any atom is -0.393 e. The molecule has 0 fully saturated rings. The Kier molecular flexibility index (Phi) is 5.46. The average molecular weight is 175 g/mol. The first kappa shape index (κ1) is 11.9. The summed E-state index contributed by atoms with van der Waals surface area (Å²) in [5.41, 5.74) is -0.975. The third kappa shape index (κ3) is 6.58. The highest BCUT2D eigenvalue weighted by Crippen LogP contribution is 2.00. The minimum atomic E-state index is -0.975. The molecule has 3 N–H and O–H groups in total. The summed E-state index contributed by atoms with van der Waals surface area (Å²) in [6.45, 7) is 7.10. The maximum Gasteiger partial charge on any atom is 0.0972 e. The van der Waals surface area contributed by atoms with Gasteiger partial charge in [0, 0.05) is 6.54 Å². The maximum absolute atomic E-state index is 9.38. The van der Waals surface area contributed by atoms with Crippen LogP contribution in [0.15, 0.2) is 0 Å². The molecule has 0 aliphatic carbocycles. The van der Waals surface area contributed by atoms with Crippen LogP contribution in [-0.4, -0.2) is 35.5 Å². The number of hydrogen-bond acceptors (Lipinski definition) is 3. The third-order valence-electron chi connectivity index (χ3n) is 1.74. The van der Waals surface area contributed by atoms with Crippen molar-refractivity contribution in [1.82, 2.24) is 5.32 Å². The van der Waals surface area contributed by atoms with Crippen LogP contribution in [-0.2, 0) is 0 Å². The van der Waals surface area contributed by atoms with E-state index in [0.717, 1.165) is 13.0 Å². The van der Waals surface area contributed by atoms with E-state index < -0.39 is 5.60 Å². The molecule has 0 spiro atoms. The van der Waals surface area contributed by atoms with E-state index in [2.05, 4.69) is 19.2 Å². The van der Waals surface area contributed by atoms with Crippen LogP contribution in [0.2, 0.25) is 0 Å². The third-order valence-corrected chi connectivity index (χ3v) is 1.74. The Morgan fingerprint density at radius 3 is 2.42 bits per heavy atom. The van der Waals surface area contributed by atoms with Gasteiger partial charge in [0.05, 0.1) is 12.2 Å². The highest BCUT2D eigenvalue weighted by molar-refractivity contribution is 4.73. The van der Waals surface area contributed by atoms with Gasteiger partial charge in [-0.15, -0.1) is 0 Å². The molecule has 0 aromatic carbocycles. The van der Waals surface area contributed by atoms with E-state index in [-0.39, 0.29) is 6.61 Å². The molecular weight excluding hydrogens is 154 g/mol. The van der Waals surface area contributed by atoms with Crippen molar-refractivity contribution in [1.29, 1.82) is 0 Å². The molecule has 0 heterocycles. The van der Waals surface area contributed by atoms with Gasteiger partial charge in [0.15, 0.2) is 0 Å². The quantitative estimate of drug-likeness (QED) is 0.511.